The van der Waals surface area contributed by atoms with Gasteiger partial charge in [0.1, 0.15) is 6.10 Å². The zero-order valence-corrected chi connectivity index (χ0v) is 19.8. The van der Waals surface area contributed by atoms with Gasteiger partial charge in [0.2, 0.25) is 10.0 Å². The van der Waals surface area contributed by atoms with Gasteiger partial charge in [-0.15, -0.1) is 11.3 Å². The molecule has 172 valence electrons. The van der Waals surface area contributed by atoms with Gasteiger partial charge in [-0.1, -0.05) is 6.07 Å². The highest BCUT2D eigenvalue weighted by atomic mass is 32.2. The number of aryl methyl sites for hydroxylation is 2. The maximum atomic E-state index is 13.0. The summed E-state index contributed by atoms with van der Waals surface area (Å²) in [6, 6.07) is 8.52. The first-order chi connectivity index (χ1) is 15.3. The highest BCUT2D eigenvalue weighted by Crippen LogP contribution is 2.28. The maximum absolute atomic E-state index is 13.0. The van der Waals surface area contributed by atoms with Gasteiger partial charge in [-0.3, -0.25) is 9.59 Å². The van der Waals surface area contributed by atoms with Crippen LogP contribution in [0.4, 0.5) is 5.69 Å². The highest BCUT2D eigenvalue weighted by Gasteiger charge is 2.32. The minimum atomic E-state index is -3.57. The molecule has 2 aromatic rings. The maximum Gasteiger partial charge on any atom is 0.254 e. The molecule has 2 aliphatic heterocycles. The van der Waals surface area contributed by atoms with Crippen molar-refractivity contribution in [1.82, 2.24) is 9.21 Å². The number of benzene rings is 1. The van der Waals surface area contributed by atoms with Crippen molar-refractivity contribution in [3.63, 3.8) is 0 Å². The summed E-state index contributed by atoms with van der Waals surface area (Å²) in [4.78, 5) is 29.0. The Morgan fingerprint density at radius 1 is 1.12 bits per heavy atom. The van der Waals surface area contributed by atoms with E-state index in [2.05, 4.69) is 5.32 Å². The van der Waals surface area contributed by atoms with Crippen molar-refractivity contribution in [3.8, 4) is 0 Å². The van der Waals surface area contributed by atoms with Crippen LogP contribution in [0.15, 0.2) is 35.2 Å². The van der Waals surface area contributed by atoms with Crippen LogP contribution in [0.1, 0.15) is 33.0 Å². The van der Waals surface area contributed by atoms with Crippen LogP contribution in [0.2, 0.25) is 0 Å². The molecular weight excluding hydrogens is 450 g/mol. The SMILES string of the molecule is Cc1cc(S(=O)(=O)N2CCN(C(=O)c3cccc(NC(=O)C4CCCO4)c3)CC2)c(C)s1. The smallest absolute Gasteiger partial charge is 0.254 e. The molecule has 1 atom stereocenters. The molecule has 2 fully saturated rings. The Labute approximate surface area is 192 Å². The minimum Gasteiger partial charge on any atom is -0.368 e. The molecular formula is C22H27N3O5S2. The number of sulfonamides is 1. The van der Waals surface area contributed by atoms with E-state index in [1.807, 2.05) is 13.8 Å². The van der Waals surface area contributed by atoms with E-state index in [1.165, 1.54) is 15.6 Å². The average Bonchev–Trinajstić information content (AvgIpc) is 3.43. The molecule has 2 amide bonds. The molecule has 0 radical (unpaired) electrons. The van der Waals surface area contributed by atoms with E-state index in [9.17, 15) is 18.0 Å². The number of hydrogen-bond acceptors (Lipinski definition) is 6. The highest BCUT2D eigenvalue weighted by molar-refractivity contribution is 7.89. The van der Waals surface area contributed by atoms with E-state index < -0.39 is 16.1 Å². The second-order valence-electron chi connectivity index (χ2n) is 8.05. The lowest BCUT2D eigenvalue weighted by Crippen LogP contribution is -2.50. The molecule has 10 heteroatoms. The number of rotatable bonds is 5. The molecule has 1 N–H and O–H groups in total. The summed E-state index contributed by atoms with van der Waals surface area (Å²) in [7, 11) is -3.57. The molecule has 1 aromatic carbocycles. The van der Waals surface area contributed by atoms with Crippen molar-refractivity contribution in [3.05, 3.63) is 45.6 Å². The Hall–Kier alpha value is -2.27. The van der Waals surface area contributed by atoms with Crippen molar-refractivity contribution < 1.29 is 22.7 Å². The van der Waals surface area contributed by atoms with Crippen molar-refractivity contribution >= 4 is 38.9 Å². The van der Waals surface area contributed by atoms with Crippen molar-refractivity contribution in [2.24, 2.45) is 0 Å². The van der Waals surface area contributed by atoms with Gasteiger partial charge in [0.25, 0.3) is 11.8 Å². The molecule has 32 heavy (non-hydrogen) atoms. The number of carbonyl (C=O) groups is 2. The Morgan fingerprint density at radius 3 is 2.50 bits per heavy atom. The van der Waals surface area contributed by atoms with Crippen LogP contribution in [0.5, 0.6) is 0 Å². The van der Waals surface area contributed by atoms with Crippen LogP contribution in [0, 0.1) is 13.8 Å². The lowest BCUT2D eigenvalue weighted by Gasteiger charge is -2.34. The number of nitrogens with zero attached hydrogens (tertiary/aromatic N) is 2. The van der Waals surface area contributed by atoms with Gasteiger partial charge in [-0.05, 0) is 51.0 Å². The van der Waals surface area contributed by atoms with Crippen LogP contribution in [0.25, 0.3) is 0 Å². The first-order valence-electron chi connectivity index (χ1n) is 10.6. The Morgan fingerprint density at radius 2 is 1.88 bits per heavy atom. The largest absolute Gasteiger partial charge is 0.368 e. The summed E-state index contributed by atoms with van der Waals surface area (Å²) in [6.45, 7) is 5.42. The van der Waals surface area contributed by atoms with Gasteiger partial charge < -0.3 is 15.0 Å². The molecule has 0 aliphatic carbocycles. The molecule has 0 spiro atoms. The summed E-state index contributed by atoms with van der Waals surface area (Å²) in [5.41, 5.74) is 0.997. The van der Waals surface area contributed by atoms with E-state index in [1.54, 1.807) is 35.2 Å². The number of carbonyl (C=O) groups excluding carboxylic acids is 2. The van der Waals surface area contributed by atoms with Crippen molar-refractivity contribution in [2.75, 3.05) is 38.1 Å². The van der Waals surface area contributed by atoms with Gasteiger partial charge in [0.15, 0.2) is 0 Å². The van der Waals surface area contributed by atoms with Crippen LogP contribution >= 0.6 is 11.3 Å². The first-order valence-corrected chi connectivity index (χ1v) is 12.9. The van der Waals surface area contributed by atoms with Crippen LogP contribution in [-0.2, 0) is 19.6 Å². The normalized spacial score (nSPS) is 19.8. The monoisotopic (exact) mass is 477 g/mol. The standard InChI is InChI=1S/C22H27N3O5S2/c1-15-13-20(16(2)31-15)32(28,29)25-10-8-24(9-11-25)22(27)17-5-3-6-18(14-17)23-21(26)19-7-4-12-30-19/h3,5-6,13-14,19H,4,7-12H2,1-2H3,(H,23,26). The molecule has 2 saturated heterocycles. The predicted molar refractivity (Wildman–Crippen MR) is 123 cm³/mol. The molecule has 8 nitrogen and oxygen atoms in total. The molecule has 2 aliphatic rings. The number of amides is 2. The van der Waals surface area contributed by atoms with Gasteiger partial charge in [0.05, 0.1) is 4.90 Å². The van der Waals surface area contributed by atoms with Gasteiger partial charge in [-0.2, -0.15) is 4.31 Å². The summed E-state index contributed by atoms with van der Waals surface area (Å²) >= 11 is 1.47. The van der Waals surface area contributed by atoms with Crippen molar-refractivity contribution in [2.45, 2.75) is 37.7 Å². The Bertz CT molecular complexity index is 1110. The first kappa shape index (κ1) is 22.9. The van der Waals surface area contributed by atoms with E-state index in [0.29, 0.717) is 42.3 Å². The Balaban J connectivity index is 1.39. The number of thiophene rings is 1. The number of piperazine rings is 1. The minimum absolute atomic E-state index is 0.183. The van der Waals surface area contributed by atoms with Gasteiger partial charge >= 0.3 is 0 Å². The fraction of sp³-hybridized carbons (Fsp3) is 0.455. The summed E-state index contributed by atoms with van der Waals surface area (Å²) in [5.74, 6) is -0.386. The molecule has 1 unspecified atom stereocenters. The molecule has 0 bridgehead atoms. The quantitative estimate of drug-likeness (QED) is 0.714. The number of nitrogens with one attached hydrogen (secondary N) is 1. The number of ether oxygens (including phenoxy) is 1. The molecule has 4 rings (SSSR count). The second kappa shape index (κ2) is 9.30. The summed E-state index contributed by atoms with van der Waals surface area (Å²) in [6.07, 6.45) is 1.12. The molecule has 1 aromatic heterocycles. The third kappa shape index (κ3) is 4.73. The zero-order chi connectivity index (χ0) is 22.9. The zero-order valence-electron chi connectivity index (χ0n) is 18.2. The summed E-state index contributed by atoms with van der Waals surface area (Å²) in [5, 5.41) is 2.81. The third-order valence-corrected chi connectivity index (χ3v) is 8.86. The third-order valence-electron chi connectivity index (χ3n) is 5.74. The number of hydrogen-bond donors (Lipinski definition) is 1. The van der Waals surface area contributed by atoms with Crippen LogP contribution in [-0.4, -0.2) is 68.3 Å². The van der Waals surface area contributed by atoms with Gasteiger partial charge in [0, 0.05) is 53.8 Å². The van der Waals surface area contributed by atoms with E-state index in [0.717, 1.165) is 16.2 Å². The second-order valence-corrected chi connectivity index (χ2v) is 11.4. The van der Waals surface area contributed by atoms with E-state index >= 15 is 0 Å². The lowest BCUT2D eigenvalue weighted by atomic mass is 10.1. The fourth-order valence-electron chi connectivity index (χ4n) is 4.05. The van der Waals surface area contributed by atoms with Crippen LogP contribution in [0.3, 0.4) is 0 Å². The molecule has 0 saturated carbocycles. The van der Waals surface area contributed by atoms with Crippen molar-refractivity contribution in [1.29, 1.82) is 0 Å². The average molecular weight is 478 g/mol. The fourth-order valence-corrected chi connectivity index (χ4v) is 7.00. The predicted octanol–water partition coefficient (Wildman–Crippen LogP) is 2.63. The van der Waals surface area contributed by atoms with E-state index in [4.69, 9.17) is 4.74 Å². The lowest BCUT2D eigenvalue weighted by molar-refractivity contribution is -0.124. The topological polar surface area (TPSA) is 96.0 Å². The summed E-state index contributed by atoms with van der Waals surface area (Å²) < 4.78 is 32.9. The number of anilines is 1. The van der Waals surface area contributed by atoms with Gasteiger partial charge in [-0.25, -0.2) is 8.42 Å². The Kier molecular flexibility index (Phi) is 6.66. The molecule has 3 heterocycles. The van der Waals surface area contributed by atoms with E-state index in [-0.39, 0.29) is 24.9 Å². The van der Waals surface area contributed by atoms with Crippen LogP contribution < -0.4 is 5.32 Å².